The van der Waals surface area contributed by atoms with Gasteiger partial charge >= 0.3 is 0 Å². The van der Waals surface area contributed by atoms with Gasteiger partial charge < -0.3 is 10.6 Å². The van der Waals surface area contributed by atoms with Crippen LogP contribution < -0.4 is 10.6 Å². The van der Waals surface area contributed by atoms with Crippen LogP contribution in [0.3, 0.4) is 0 Å². The van der Waals surface area contributed by atoms with Crippen LogP contribution in [0, 0.1) is 0 Å². The fraction of sp³-hybridized carbons (Fsp3) is 0.643. The molecule has 1 rings (SSSR count). The highest BCUT2D eigenvalue weighted by Gasteiger charge is 2.07. The van der Waals surface area contributed by atoms with E-state index < -0.39 is 0 Å². The second kappa shape index (κ2) is 8.35. The Morgan fingerprint density at radius 3 is 2.65 bits per heavy atom. The molecule has 0 bridgehead atoms. The van der Waals surface area contributed by atoms with Gasteiger partial charge in [-0.25, -0.2) is 0 Å². The Labute approximate surface area is 119 Å². The number of carbonyl (C=O) groups excluding carboxylic acids is 2. The number of H-pyrrole nitrogens is 1. The van der Waals surface area contributed by atoms with Crippen LogP contribution >= 0.6 is 0 Å². The highest BCUT2D eigenvalue weighted by Crippen LogP contribution is 2.15. The third-order valence-electron chi connectivity index (χ3n) is 2.94. The minimum Gasteiger partial charge on any atom is -0.356 e. The van der Waals surface area contributed by atoms with Gasteiger partial charge in [0.25, 0.3) is 0 Å². The number of amides is 2. The fourth-order valence-corrected chi connectivity index (χ4v) is 1.75. The molecule has 1 aromatic rings. The predicted molar refractivity (Wildman–Crippen MR) is 78.5 cm³/mol. The minimum atomic E-state index is -0.0219. The molecule has 0 aliphatic heterocycles. The molecule has 0 atom stereocenters. The molecular formula is C14H24N4O2. The molecule has 6 heteroatoms. The molecule has 0 saturated carbocycles. The first-order valence-corrected chi connectivity index (χ1v) is 7.08. The maximum absolute atomic E-state index is 11.7. The zero-order chi connectivity index (χ0) is 15.0. The average molecular weight is 280 g/mol. The van der Waals surface area contributed by atoms with Gasteiger partial charge in [-0.3, -0.25) is 14.7 Å². The Balaban J connectivity index is 2.15. The molecule has 0 radical (unpaired) electrons. The lowest BCUT2D eigenvalue weighted by atomic mass is 10.1. The van der Waals surface area contributed by atoms with Crippen molar-refractivity contribution in [3.8, 4) is 0 Å². The number of nitrogens with zero attached hydrogens (tertiary/aromatic N) is 1. The summed E-state index contributed by atoms with van der Waals surface area (Å²) in [6, 6.07) is 1.86. The Morgan fingerprint density at radius 2 is 2.05 bits per heavy atom. The largest absolute Gasteiger partial charge is 0.356 e. The van der Waals surface area contributed by atoms with E-state index in [9.17, 15) is 9.59 Å². The molecule has 0 saturated heterocycles. The Hall–Kier alpha value is -1.85. The Kier molecular flexibility index (Phi) is 6.76. The fourth-order valence-electron chi connectivity index (χ4n) is 1.75. The molecule has 3 N–H and O–H groups in total. The number of carbonyl (C=O) groups is 2. The minimum absolute atomic E-state index is 0.0118. The van der Waals surface area contributed by atoms with E-state index in [1.807, 2.05) is 6.07 Å². The van der Waals surface area contributed by atoms with Crippen molar-refractivity contribution in [1.82, 2.24) is 15.5 Å². The molecule has 2 amide bonds. The monoisotopic (exact) mass is 280 g/mol. The van der Waals surface area contributed by atoms with Crippen LogP contribution in [-0.4, -0.2) is 28.6 Å². The number of hydrogen-bond donors (Lipinski definition) is 3. The van der Waals surface area contributed by atoms with Crippen molar-refractivity contribution in [2.24, 2.45) is 0 Å². The maximum Gasteiger partial charge on any atom is 0.225 e. The van der Waals surface area contributed by atoms with E-state index in [1.54, 1.807) is 0 Å². The van der Waals surface area contributed by atoms with Gasteiger partial charge in [-0.1, -0.05) is 20.3 Å². The highest BCUT2D eigenvalue weighted by molar-refractivity contribution is 5.89. The van der Waals surface area contributed by atoms with Gasteiger partial charge in [0.05, 0.1) is 0 Å². The number of aromatic nitrogens is 2. The average Bonchev–Trinajstić information content (AvgIpc) is 2.81. The summed E-state index contributed by atoms with van der Waals surface area (Å²) in [7, 11) is 0. The van der Waals surface area contributed by atoms with Crippen LogP contribution in [0.2, 0.25) is 0 Å². The summed E-state index contributed by atoms with van der Waals surface area (Å²) in [5.41, 5.74) is 1.01. The molecule has 0 aromatic carbocycles. The Morgan fingerprint density at radius 1 is 1.30 bits per heavy atom. The van der Waals surface area contributed by atoms with Gasteiger partial charge in [-0.15, -0.1) is 0 Å². The van der Waals surface area contributed by atoms with Crippen LogP contribution in [0.15, 0.2) is 6.07 Å². The lowest BCUT2D eigenvalue weighted by Gasteiger charge is -2.03. The smallest absolute Gasteiger partial charge is 0.225 e. The lowest BCUT2D eigenvalue weighted by molar-refractivity contribution is -0.119. The van der Waals surface area contributed by atoms with Crippen LogP contribution in [0.5, 0.6) is 0 Å². The predicted octanol–water partition coefficient (Wildman–Crippen LogP) is 2.17. The SMILES string of the molecule is CC(=O)NCCCCCC(=O)Nc1cc(C(C)C)[nH]n1. The zero-order valence-corrected chi connectivity index (χ0v) is 12.5. The summed E-state index contributed by atoms with van der Waals surface area (Å²) >= 11 is 0. The molecule has 112 valence electrons. The molecule has 1 heterocycles. The van der Waals surface area contributed by atoms with Gasteiger partial charge in [0.2, 0.25) is 11.8 Å². The number of hydrogen-bond acceptors (Lipinski definition) is 3. The topological polar surface area (TPSA) is 86.9 Å². The maximum atomic E-state index is 11.7. The number of rotatable bonds is 8. The molecular weight excluding hydrogens is 256 g/mol. The number of unbranched alkanes of at least 4 members (excludes halogenated alkanes) is 2. The molecule has 0 spiro atoms. The number of aromatic amines is 1. The number of nitrogens with one attached hydrogen (secondary N) is 3. The van der Waals surface area contributed by atoms with Gasteiger partial charge in [0, 0.05) is 31.6 Å². The van der Waals surface area contributed by atoms with Gasteiger partial charge in [0.15, 0.2) is 5.82 Å². The Bertz CT molecular complexity index is 440. The van der Waals surface area contributed by atoms with Crippen LogP contribution in [-0.2, 0) is 9.59 Å². The standard InChI is InChI=1S/C14H24N4O2/c1-10(2)12-9-13(18-17-12)16-14(20)7-5-4-6-8-15-11(3)19/h9-10H,4-8H2,1-3H3,(H,15,19)(H2,16,17,18,20). The van der Waals surface area contributed by atoms with E-state index >= 15 is 0 Å². The molecule has 0 aliphatic rings. The third-order valence-corrected chi connectivity index (χ3v) is 2.94. The van der Waals surface area contributed by atoms with Crippen molar-refractivity contribution < 1.29 is 9.59 Å². The van der Waals surface area contributed by atoms with Crippen LogP contribution in [0.1, 0.15) is 58.1 Å². The van der Waals surface area contributed by atoms with Crippen molar-refractivity contribution in [2.75, 3.05) is 11.9 Å². The van der Waals surface area contributed by atoms with E-state index in [0.29, 0.717) is 24.7 Å². The molecule has 0 aliphatic carbocycles. The highest BCUT2D eigenvalue weighted by atomic mass is 16.2. The second-order valence-electron chi connectivity index (χ2n) is 5.21. The van der Waals surface area contributed by atoms with Crippen molar-refractivity contribution in [3.05, 3.63) is 11.8 Å². The van der Waals surface area contributed by atoms with E-state index in [1.165, 1.54) is 6.92 Å². The quantitative estimate of drug-likeness (QED) is 0.638. The molecule has 20 heavy (non-hydrogen) atoms. The number of anilines is 1. The summed E-state index contributed by atoms with van der Waals surface area (Å²) in [6.07, 6.45) is 3.11. The molecule has 0 fully saturated rings. The van der Waals surface area contributed by atoms with Gasteiger partial charge in [-0.05, 0) is 18.8 Å². The van der Waals surface area contributed by atoms with Crippen molar-refractivity contribution in [1.29, 1.82) is 0 Å². The van der Waals surface area contributed by atoms with Crippen molar-refractivity contribution >= 4 is 17.6 Å². The first-order valence-electron chi connectivity index (χ1n) is 7.08. The van der Waals surface area contributed by atoms with Crippen molar-refractivity contribution in [3.63, 3.8) is 0 Å². The first kappa shape index (κ1) is 16.2. The summed E-state index contributed by atoms with van der Waals surface area (Å²) in [5.74, 6) is 0.910. The second-order valence-corrected chi connectivity index (χ2v) is 5.21. The van der Waals surface area contributed by atoms with Crippen molar-refractivity contribution in [2.45, 2.75) is 52.4 Å². The lowest BCUT2D eigenvalue weighted by Crippen LogP contribution is -2.20. The first-order chi connectivity index (χ1) is 9.49. The summed E-state index contributed by atoms with van der Waals surface area (Å²) < 4.78 is 0. The van der Waals surface area contributed by atoms with Gasteiger partial charge in [-0.2, -0.15) is 5.10 Å². The molecule has 1 aromatic heterocycles. The summed E-state index contributed by atoms with van der Waals surface area (Å²) in [5, 5.41) is 12.5. The summed E-state index contributed by atoms with van der Waals surface area (Å²) in [6.45, 7) is 6.30. The molecule has 0 unspecified atom stereocenters. The third kappa shape index (κ3) is 6.36. The van der Waals surface area contributed by atoms with E-state index in [4.69, 9.17) is 0 Å². The van der Waals surface area contributed by atoms with E-state index in [0.717, 1.165) is 25.0 Å². The molecule has 6 nitrogen and oxygen atoms in total. The van der Waals surface area contributed by atoms with Crippen LogP contribution in [0.25, 0.3) is 0 Å². The van der Waals surface area contributed by atoms with Crippen LogP contribution in [0.4, 0.5) is 5.82 Å². The normalized spacial score (nSPS) is 10.6. The van der Waals surface area contributed by atoms with E-state index in [2.05, 4.69) is 34.7 Å². The zero-order valence-electron chi connectivity index (χ0n) is 12.5. The summed E-state index contributed by atoms with van der Waals surface area (Å²) in [4.78, 5) is 22.4. The van der Waals surface area contributed by atoms with Gasteiger partial charge in [0.1, 0.15) is 0 Å². The van der Waals surface area contributed by atoms with E-state index in [-0.39, 0.29) is 11.8 Å².